The van der Waals surface area contributed by atoms with Crippen molar-refractivity contribution in [2.24, 2.45) is 0 Å². The maximum absolute atomic E-state index is 12.6. The van der Waals surface area contributed by atoms with Crippen LogP contribution in [0.2, 0.25) is 0 Å². The molecule has 6 nitrogen and oxygen atoms in total. The number of benzene rings is 1. The van der Waals surface area contributed by atoms with Crippen LogP contribution in [-0.4, -0.2) is 33.3 Å². The molecule has 0 aliphatic heterocycles. The molecule has 0 spiro atoms. The minimum atomic E-state index is 0.0492. The van der Waals surface area contributed by atoms with E-state index < -0.39 is 0 Å². The number of aromatic nitrogens is 3. The Morgan fingerprint density at radius 3 is 3.00 bits per heavy atom. The van der Waals surface area contributed by atoms with Gasteiger partial charge in [-0.05, 0) is 6.07 Å². The standard InChI is InChI=1S/C16H15N5OS2/c1-18-15-19-20-16(24-15)23-10-14(22)12-9-21(8-4-7-17)13-6-3-2-5-11(12)13/h2-3,5-6,9H,4,8,10H2,1H3,(H,18,19). The van der Waals surface area contributed by atoms with Crippen LogP contribution in [0.3, 0.4) is 0 Å². The summed E-state index contributed by atoms with van der Waals surface area (Å²) in [5.74, 6) is 0.359. The number of nitriles is 1. The monoisotopic (exact) mass is 357 g/mol. The van der Waals surface area contributed by atoms with Gasteiger partial charge >= 0.3 is 0 Å². The summed E-state index contributed by atoms with van der Waals surface area (Å²) in [7, 11) is 1.79. The predicted molar refractivity (Wildman–Crippen MR) is 96.7 cm³/mol. The number of Topliss-reactive ketones (excluding diaryl/α,β-unsaturated/α-hetero) is 1. The number of nitrogens with zero attached hydrogens (tertiary/aromatic N) is 4. The zero-order chi connectivity index (χ0) is 16.9. The first-order chi connectivity index (χ1) is 11.7. The summed E-state index contributed by atoms with van der Waals surface area (Å²) in [6.07, 6.45) is 2.27. The van der Waals surface area contributed by atoms with Gasteiger partial charge in [-0.3, -0.25) is 4.79 Å². The fourth-order valence-electron chi connectivity index (χ4n) is 2.40. The van der Waals surface area contributed by atoms with E-state index in [4.69, 9.17) is 5.26 Å². The first-order valence-electron chi connectivity index (χ1n) is 7.35. The third kappa shape index (κ3) is 3.42. The van der Waals surface area contributed by atoms with Crippen LogP contribution in [0.1, 0.15) is 16.8 Å². The maximum Gasteiger partial charge on any atom is 0.206 e. The number of rotatable bonds is 7. The van der Waals surface area contributed by atoms with Gasteiger partial charge in [0.25, 0.3) is 0 Å². The summed E-state index contributed by atoms with van der Waals surface area (Å²) in [5.41, 5.74) is 1.67. The largest absolute Gasteiger partial charge is 0.363 e. The fraction of sp³-hybridized carbons (Fsp3) is 0.250. The third-order valence-corrected chi connectivity index (χ3v) is 5.57. The van der Waals surface area contributed by atoms with Crippen LogP contribution in [0.4, 0.5) is 5.13 Å². The van der Waals surface area contributed by atoms with Gasteiger partial charge in [-0.1, -0.05) is 41.3 Å². The first kappa shape index (κ1) is 16.5. The van der Waals surface area contributed by atoms with E-state index >= 15 is 0 Å². The van der Waals surface area contributed by atoms with Crippen LogP contribution in [0.5, 0.6) is 0 Å². The number of ketones is 1. The molecule has 8 heteroatoms. The van der Waals surface area contributed by atoms with Crippen molar-refractivity contribution < 1.29 is 4.79 Å². The summed E-state index contributed by atoms with van der Waals surface area (Å²) in [6, 6.07) is 9.92. The topological polar surface area (TPSA) is 83.6 Å². The summed E-state index contributed by atoms with van der Waals surface area (Å²) >= 11 is 2.82. The SMILES string of the molecule is CNc1nnc(SCC(=O)c2cn(CCC#N)c3ccccc23)s1. The Morgan fingerprint density at radius 1 is 1.42 bits per heavy atom. The maximum atomic E-state index is 12.6. The Kier molecular flexibility index (Phi) is 5.13. The lowest BCUT2D eigenvalue weighted by atomic mass is 10.1. The highest BCUT2D eigenvalue weighted by atomic mass is 32.2. The molecule has 24 heavy (non-hydrogen) atoms. The number of carbonyl (C=O) groups excluding carboxylic acids is 1. The minimum absolute atomic E-state index is 0.0492. The molecular weight excluding hydrogens is 342 g/mol. The molecule has 0 saturated heterocycles. The van der Waals surface area contributed by atoms with Gasteiger partial charge in [-0.25, -0.2) is 0 Å². The molecule has 0 fully saturated rings. The molecule has 3 rings (SSSR count). The number of hydrogen-bond acceptors (Lipinski definition) is 7. The Bertz CT molecular complexity index is 909. The van der Waals surface area contributed by atoms with Crippen LogP contribution in [0.15, 0.2) is 34.8 Å². The molecule has 1 aromatic carbocycles. The molecule has 0 radical (unpaired) electrons. The van der Waals surface area contributed by atoms with Crippen LogP contribution in [0.25, 0.3) is 10.9 Å². The van der Waals surface area contributed by atoms with Gasteiger partial charge in [-0.2, -0.15) is 5.26 Å². The summed E-state index contributed by atoms with van der Waals surface area (Å²) in [6.45, 7) is 0.583. The second kappa shape index (κ2) is 7.47. The second-order valence-corrected chi connectivity index (χ2v) is 7.20. The molecular formula is C16H15N5OS2. The smallest absolute Gasteiger partial charge is 0.206 e. The number of fused-ring (bicyclic) bond motifs is 1. The average Bonchev–Trinajstić information content (AvgIpc) is 3.22. The predicted octanol–water partition coefficient (Wildman–Crippen LogP) is 3.42. The summed E-state index contributed by atoms with van der Waals surface area (Å²) < 4.78 is 2.74. The second-order valence-electron chi connectivity index (χ2n) is 5.00. The van der Waals surface area contributed by atoms with Crippen molar-refractivity contribution in [3.8, 4) is 6.07 Å². The number of nitrogens with one attached hydrogen (secondary N) is 1. The fourth-order valence-corrected chi connectivity index (χ4v) is 3.99. The molecule has 0 saturated carbocycles. The van der Waals surface area contributed by atoms with Gasteiger partial charge < -0.3 is 9.88 Å². The van der Waals surface area contributed by atoms with Gasteiger partial charge in [0, 0.05) is 36.3 Å². The molecule has 0 bridgehead atoms. The van der Waals surface area contributed by atoms with Crippen molar-refractivity contribution in [1.29, 1.82) is 5.26 Å². The van der Waals surface area contributed by atoms with Crippen molar-refractivity contribution in [3.63, 3.8) is 0 Å². The van der Waals surface area contributed by atoms with E-state index in [2.05, 4.69) is 21.6 Å². The molecule has 122 valence electrons. The molecule has 3 aromatic rings. The number of thioether (sulfide) groups is 1. The Hall–Kier alpha value is -2.37. The number of para-hydroxylation sites is 1. The normalized spacial score (nSPS) is 10.7. The number of carbonyl (C=O) groups is 1. The Balaban J connectivity index is 1.80. The van der Waals surface area contributed by atoms with Crippen molar-refractivity contribution in [2.75, 3.05) is 18.1 Å². The van der Waals surface area contributed by atoms with Gasteiger partial charge in [0.2, 0.25) is 5.13 Å². The molecule has 1 N–H and O–H groups in total. The summed E-state index contributed by atoms with van der Waals surface area (Å²) in [5, 5.41) is 21.4. The first-order valence-corrected chi connectivity index (χ1v) is 9.15. The molecule has 2 aromatic heterocycles. The van der Waals surface area contributed by atoms with Crippen LogP contribution in [0, 0.1) is 11.3 Å². The van der Waals surface area contributed by atoms with E-state index in [0.717, 1.165) is 20.4 Å². The highest BCUT2D eigenvalue weighted by Gasteiger charge is 2.16. The van der Waals surface area contributed by atoms with E-state index in [-0.39, 0.29) is 5.78 Å². The van der Waals surface area contributed by atoms with Gasteiger partial charge in [0.05, 0.1) is 18.2 Å². The van der Waals surface area contributed by atoms with E-state index in [9.17, 15) is 4.79 Å². The number of hydrogen-bond donors (Lipinski definition) is 1. The third-order valence-electron chi connectivity index (χ3n) is 3.50. The van der Waals surface area contributed by atoms with Crippen LogP contribution >= 0.6 is 23.1 Å². The van der Waals surface area contributed by atoms with E-state index in [0.29, 0.717) is 24.3 Å². The lowest BCUT2D eigenvalue weighted by Crippen LogP contribution is -2.02. The van der Waals surface area contributed by atoms with Crippen molar-refractivity contribution >= 4 is 44.9 Å². The molecule has 2 heterocycles. The van der Waals surface area contributed by atoms with Crippen molar-refractivity contribution in [2.45, 2.75) is 17.3 Å². The highest BCUT2D eigenvalue weighted by molar-refractivity contribution is 8.01. The molecule has 0 unspecified atom stereocenters. The van der Waals surface area contributed by atoms with E-state index in [1.807, 2.05) is 35.0 Å². The lowest BCUT2D eigenvalue weighted by molar-refractivity contribution is 0.102. The Morgan fingerprint density at radius 2 is 2.25 bits per heavy atom. The van der Waals surface area contributed by atoms with Crippen LogP contribution in [-0.2, 0) is 6.54 Å². The molecule has 0 aliphatic carbocycles. The number of aryl methyl sites for hydroxylation is 1. The molecule has 0 aliphatic rings. The van der Waals surface area contributed by atoms with Crippen LogP contribution < -0.4 is 5.32 Å². The van der Waals surface area contributed by atoms with Crippen molar-refractivity contribution in [3.05, 3.63) is 36.0 Å². The minimum Gasteiger partial charge on any atom is -0.363 e. The Labute approximate surface area is 147 Å². The average molecular weight is 357 g/mol. The van der Waals surface area contributed by atoms with Gasteiger partial charge in [-0.15, -0.1) is 10.2 Å². The number of anilines is 1. The zero-order valence-corrected chi connectivity index (χ0v) is 14.7. The van der Waals surface area contributed by atoms with E-state index in [1.165, 1.54) is 23.1 Å². The van der Waals surface area contributed by atoms with Crippen molar-refractivity contribution in [1.82, 2.24) is 14.8 Å². The summed E-state index contributed by atoms with van der Waals surface area (Å²) in [4.78, 5) is 12.6. The van der Waals surface area contributed by atoms with Gasteiger partial charge in [0.15, 0.2) is 10.1 Å². The molecule has 0 atom stereocenters. The highest BCUT2D eigenvalue weighted by Crippen LogP contribution is 2.28. The van der Waals surface area contributed by atoms with E-state index in [1.54, 1.807) is 7.05 Å². The zero-order valence-electron chi connectivity index (χ0n) is 13.0. The lowest BCUT2D eigenvalue weighted by Gasteiger charge is -2.00. The molecule has 0 amide bonds. The van der Waals surface area contributed by atoms with Gasteiger partial charge in [0.1, 0.15) is 0 Å². The quantitative estimate of drug-likeness (QED) is 0.515.